The number of sulfone groups is 1. The van der Waals surface area contributed by atoms with Gasteiger partial charge in [-0.3, -0.25) is 4.79 Å². The van der Waals surface area contributed by atoms with Gasteiger partial charge in [0, 0.05) is 16.2 Å². The Labute approximate surface area is 168 Å². The van der Waals surface area contributed by atoms with Gasteiger partial charge >= 0.3 is 0 Å². The predicted molar refractivity (Wildman–Crippen MR) is 111 cm³/mol. The fraction of sp³-hybridized carbons (Fsp3) is 0.250. The zero-order valence-electron chi connectivity index (χ0n) is 15.0. The molecule has 0 aliphatic heterocycles. The fourth-order valence-electron chi connectivity index (χ4n) is 2.66. The van der Waals surface area contributed by atoms with E-state index in [0.29, 0.717) is 13.1 Å². The van der Waals surface area contributed by atoms with E-state index in [1.54, 1.807) is 51.8 Å². The summed E-state index contributed by atoms with van der Waals surface area (Å²) < 4.78 is 25.1. The molecule has 3 rings (SSSR count). The van der Waals surface area contributed by atoms with Gasteiger partial charge in [0.25, 0.3) is 0 Å². The Kier molecular flexibility index (Phi) is 6.46. The second kappa shape index (κ2) is 8.82. The molecule has 0 saturated carbocycles. The maximum Gasteiger partial charge on any atom is 0.224 e. The third-order valence-corrected chi connectivity index (χ3v) is 7.63. The average molecular weight is 420 g/mol. The molecule has 4 nitrogen and oxygen atoms in total. The molecule has 0 fully saturated rings. The molecule has 1 aromatic carbocycles. The Balaban J connectivity index is 1.68. The van der Waals surface area contributed by atoms with Crippen molar-refractivity contribution in [1.29, 1.82) is 0 Å². The van der Waals surface area contributed by atoms with Gasteiger partial charge in [-0.15, -0.1) is 22.7 Å². The van der Waals surface area contributed by atoms with Gasteiger partial charge in [-0.25, -0.2) is 8.42 Å². The van der Waals surface area contributed by atoms with Crippen molar-refractivity contribution >= 4 is 38.4 Å². The van der Waals surface area contributed by atoms with E-state index in [9.17, 15) is 13.2 Å². The van der Waals surface area contributed by atoms with E-state index in [4.69, 9.17) is 0 Å². The zero-order chi connectivity index (χ0) is 19.3. The Morgan fingerprint density at radius 3 is 1.96 bits per heavy atom. The Morgan fingerprint density at radius 2 is 1.48 bits per heavy atom. The lowest BCUT2D eigenvalue weighted by molar-refractivity contribution is -0.131. The van der Waals surface area contributed by atoms with Crippen LogP contribution in [0.3, 0.4) is 0 Å². The molecule has 2 heterocycles. The molecule has 142 valence electrons. The average Bonchev–Trinajstić information content (AvgIpc) is 3.34. The van der Waals surface area contributed by atoms with Gasteiger partial charge in [0.15, 0.2) is 9.84 Å². The molecular weight excluding hydrogens is 398 g/mol. The molecule has 0 N–H and O–H groups in total. The fourth-order valence-corrected chi connectivity index (χ4v) is 5.33. The maximum absolute atomic E-state index is 12.8. The summed E-state index contributed by atoms with van der Waals surface area (Å²) >= 11 is 3.19. The molecule has 0 unspecified atom stereocenters. The van der Waals surface area contributed by atoms with Crippen LogP contribution < -0.4 is 0 Å². The Bertz CT molecular complexity index is 924. The number of hydrogen-bond acceptors (Lipinski definition) is 5. The van der Waals surface area contributed by atoms with Crippen LogP contribution in [0.2, 0.25) is 0 Å². The summed E-state index contributed by atoms with van der Waals surface area (Å²) in [5.41, 5.74) is 1.00. The second-order valence-corrected chi connectivity index (χ2v) is 10.5. The van der Waals surface area contributed by atoms with Crippen LogP contribution in [0.5, 0.6) is 0 Å². The summed E-state index contributed by atoms with van der Waals surface area (Å²) in [5.74, 6) is -0.326. The van der Waals surface area contributed by atoms with E-state index in [0.717, 1.165) is 15.3 Å². The lowest BCUT2D eigenvalue weighted by atomic mass is 10.2. The minimum atomic E-state index is -3.47. The normalized spacial score (nSPS) is 11.4. The summed E-state index contributed by atoms with van der Waals surface area (Å²) in [7, 11) is -3.47. The summed E-state index contributed by atoms with van der Waals surface area (Å²) in [5, 5.41) is 3.95. The van der Waals surface area contributed by atoms with E-state index < -0.39 is 9.84 Å². The highest BCUT2D eigenvalue weighted by Crippen LogP contribution is 2.19. The van der Waals surface area contributed by atoms with Crippen LogP contribution in [-0.2, 0) is 27.7 Å². The van der Waals surface area contributed by atoms with Crippen LogP contribution in [-0.4, -0.2) is 25.0 Å². The smallest absolute Gasteiger partial charge is 0.224 e. The van der Waals surface area contributed by atoms with Crippen LogP contribution in [0, 0.1) is 6.92 Å². The molecule has 0 atom stereocenters. The molecule has 27 heavy (non-hydrogen) atoms. The number of aryl methyl sites for hydroxylation is 1. The van der Waals surface area contributed by atoms with Crippen LogP contribution in [0.15, 0.2) is 64.2 Å². The van der Waals surface area contributed by atoms with Gasteiger partial charge in [-0.05, 0) is 41.9 Å². The van der Waals surface area contributed by atoms with Gasteiger partial charge in [0.2, 0.25) is 5.91 Å². The molecule has 0 bridgehead atoms. The summed E-state index contributed by atoms with van der Waals surface area (Å²) in [4.78, 5) is 17.0. The third-order valence-electron chi connectivity index (χ3n) is 4.17. The first-order valence-corrected chi connectivity index (χ1v) is 12.0. The summed E-state index contributed by atoms with van der Waals surface area (Å²) in [6.45, 7) is 2.91. The molecule has 7 heteroatoms. The number of carbonyl (C=O) groups excluding carboxylic acids is 1. The first-order chi connectivity index (χ1) is 12.9. The topological polar surface area (TPSA) is 54.5 Å². The molecule has 1 amide bonds. The van der Waals surface area contributed by atoms with E-state index in [-0.39, 0.29) is 23.0 Å². The molecule has 0 saturated heterocycles. The molecule has 0 aliphatic carbocycles. The number of amides is 1. The third kappa shape index (κ3) is 5.51. The van der Waals surface area contributed by atoms with Crippen LogP contribution >= 0.6 is 22.7 Å². The zero-order valence-corrected chi connectivity index (χ0v) is 17.4. The standard InChI is InChI=1S/C20H21NO3S3/c1-16-6-8-19(9-7-16)27(23,24)13-10-20(22)21(14-17-4-2-11-25-17)15-18-5-3-12-26-18/h2-9,11-12H,10,13-15H2,1H3. The van der Waals surface area contributed by atoms with Gasteiger partial charge in [0.1, 0.15) is 0 Å². The van der Waals surface area contributed by atoms with E-state index in [1.807, 2.05) is 41.9 Å². The van der Waals surface area contributed by atoms with E-state index >= 15 is 0 Å². The van der Waals surface area contributed by atoms with Crippen molar-refractivity contribution in [3.8, 4) is 0 Å². The highest BCUT2D eigenvalue weighted by Gasteiger charge is 2.21. The lowest BCUT2D eigenvalue weighted by Crippen LogP contribution is -2.31. The Morgan fingerprint density at radius 1 is 0.926 bits per heavy atom. The highest BCUT2D eigenvalue weighted by atomic mass is 32.2. The maximum atomic E-state index is 12.8. The van der Waals surface area contributed by atoms with Crippen molar-refractivity contribution < 1.29 is 13.2 Å². The van der Waals surface area contributed by atoms with Crippen molar-refractivity contribution in [3.05, 3.63) is 74.6 Å². The minimum Gasteiger partial charge on any atom is -0.332 e. The molecule has 0 aliphatic rings. The van der Waals surface area contributed by atoms with Crippen LogP contribution in [0.25, 0.3) is 0 Å². The van der Waals surface area contributed by atoms with Crippen LogP contribution in [0.4, 0.5) is 0 Å². The number of hydrogen-bond donors (Lipinski definition) is 0. The summed E-state index contributed by atoms with van der Waals surface area (Å²) in [6, 6.07) is 14.6. The van der Waals surface area contributed by atoms with Crippen molar-refractivity contribution in [2.45, 2.75) is 31.3 Å². The van der Waals surface area contributed by atoms with Gasteiger partial charge in [0.05, 0.1) is 23.7 Å². The monoisotopic (exact) mass is 419 g/mol. The van der Waals surface area contributed by atoms with Crippen LogP contribution in [0.1, 0.15) is 21.7 Å². The quantitative estimate of drug-likeness (QED) is 0.540. The minimum absolute atomic E-state index is 0.0209. The molecule has 3 aromatic rings. The van der Waals surface area contributed by atoms with Crippen molar-refractivity contribution in [3.63, 3.8) is 0 Å². The SMILES string of the molecule is Cc1ccc(S(=O)(=O)CCC(=O)N(Cc2cccs2)Cc2cccs2)cc1. The molecule has 0 radical (unpaired) electrons. The van der Waals surface area contributed by atoms with Crippen molar-refractivity contribution in [1.82, 2.24) is 4.90 Å². The number of rotatable bonds is 8. The molecule has 0 spiro atoms. The Hall–Kier alpha value is -1.96. The highest BCUT2D eigenvalue weighted by molar-refractivity contribution is 7.91. The lowest BCUT2D eigenvalue weighted by Gasteiger charge is -2.21. The number of thiophene rings is 2. The number of benzene rings is 1. The summed E-state index contributed by atoms with van der Waals surface area (Å²) in [6.07, 6.45) is -0.0209. The van der Waals surface area contributed by atoms with E-state index in [2.05, 4.69) is 0 Å². The first-order valence-electron chi connectivity index (χ1n) is 8.56. The second-order valence-electron chi connectivity index (χ2n) is 6.29. The van der Waals surface area contributed by atoms with Gasteiger partial charge in [-0.2, -0.15) is 0 Å². The predicted octanol–water partition coefficient (Wildman–Crippen LogP) is 4.51. The largest absolute Gasteiger partial charge is 0.332 e. The molecular formula is C20H21NO3S3. The van der Waals surface area contributed by atoms with Crippen molar-refractivity contribution in [2.24, 2.45) is 0 Å². The number of nitrogens with zero attached hydrogens (tertiary/aromatic N) is 1. The van der Waals surface area contributed by atoms with Gasteiger partial charge < -0.3 is 4.90 Å². The number of carbonyl (C=O) groups is 1. The van der Waals surface area contributed by atoms with E-state index in [1.165, 1.54) is 0 Å². The first kappa shape index (κ1) is 19.8. The van der Waals surface area contributed by atoms with Crippen molar-refractivity contribution in [2.75, 3.05) is 5.75 Å². The van der Waals surface area contributed by atoms with Gasteiger partial charge in [-0.1, -0.05) is 29.8 Å². The molecule has 2 aromatic heterocycles.